The molecule has 1 aliphatic rings. The van der Waals surface area contributed by atoms with Gasteiger partial charge in [-0.1, -0.05) is 44.0 Å². The second-order valence-corrected chi connectivity index (χ2v) is 8.34. The molecule has 0 saturated carbocycles. The van der Waals surface area contributed by atoms with Gasteiger partial charge in [0, 0.05) is 15.0 Å². The van der Waals surface area contributed by atoms with Crippen LogP contribution in [0.15, 0.2) is 75.4 Å². The van der Waals surface area contributed by atoms with Gasteiger partial charge in [-0.3, -0.25) is 4.79 Å². The van der Waals surface area contributed by atoms with E-state index in [1.54, 1.807) is 49.4 Å². The molecule has 0 saturated heterocycles. The van der Waals surface area contributed by atoms with E-state index in [0.717, 1.165) is 14.5 Å². The first-order chi connectivity index (χ1) is 13.9. The Morgan fingerprint density at radius 2 is 1.76 bits per heavy atom. The third-order valence-electron chi connectivity index (χ3n) is 4.38. The molecule has 144 valence electrons. The number of halogens is 2. The summed E-state index contributed by atoms with van der Waals surface area (Å²) in [5.74, 6) is 0.271. The zero-order chi connectivity index (χ0) is 20.5. The molecule has 6 heteroatoms. The third kappa shape index (κ3) is 4.18. The largest absolute Gasteiger partial charge is 0.452 e. The molecule has 0 aromatic heterocycles. The fraction of sp³-hybridized carbons (Fsp3) is 0.0435. The van der Waals surface area contributed by atoms with Gasteiger partial charge in [-0.15, -0.1) is 0 Å². The van der Waals surface area contributed by atoms with Crippen LogP contribution in [-0.4, -0.2) is 11.8 Å². The molecule has 0 atom stereocenters. The lowest BCUT2D eigenvalue weighted by atomic mass is 10.0. The molecule has 0 aliphatic carbocycles. The Labute approximate surface area is 184 Å². The lowest BCUT2D eigenvalue weighted by Crippen LogP contribution is -2.08. The molecule has 0 radical (unpaired) electrons. The van der Waals surface area contributed by atoms with E-state index >= 15 is 0 Å². The summed E-state index contributed by atoms with van der Waals surface area (Å²) in [5.41, 5.74) is 2.44. The summed E-state index contributed by atoms with van der Waals surface area (Å²) in [7, 11) is 0. The van der Waals surface area contributed by atoms with Crippen LogP contribution in [0.1, 0.15) is 31.8 Å². The first kappa shape index (κ1) is 19.6. The molecule has 0 fully saturated rings. The second kappa shape index (κ2) is 7.97. The van der Waals surface area contributed by atoms with Gasteiger partial charge in [0.25, 0.3) is 0 Å². The molecule has 0 unspecified atom stereocenters. The van der Waals surface area contributed by atoms with E-state index in [1.165, 1.54) is 0 Å². The standard InChI is InChI=1S/C23H14Br2O4/c1-13-9-18(28-23(27)15-5-7-16(24)8-6-15)12-19-21(13)22(26)20(29-19)11-14-3-2-4-17(25)10-14/h2-12H,1H3/b20-11-. The summed E-state index contributed by atoms with van der Waals surface area (Å²) in [6.45, 7) is 1.79. The first-order valence-electron chi connectivity index (χ1n) is 8.73. The minimum Gasteiger partial charge on any atom is -0.452 e. The summed E-state index contributed by atoms with van der Waals surface area (Å²) in [4.78, 5) is 25.2. The Hall–Kier alpha value is -2.70. The van der Waals surface area contributed by atoms with Crippen LogP contribution in [0.5, 0.6) is 11.5 Å². The number of hydrogen-bond acceptors (Lipinski definition) is 4. The van der Waals surface area contributed by atoms with Crippen molar-refractivity contribution in [3.05, 3.63) is 97.6 Å². The molecule has 4 nitrogen and oxygen atoms in total. The van der Waals surface area contributed by atoms with Gasteiger partial charge < -0.3 is 9.47 Å². The maximum Gasteiger partial charge on any atom is 0.343 e. The smallest absolute Gasteiger partial charge is 0.343 e. The van der Waals surface area contributed by atoms with Crippen molar-refractivity contribution in [3.63, 3.8) is 0 Å². The predicted molar refractivity (Wildman–Crippen MR) is 117 cm³/mol. The Morgan fingerprint density at radius 1 is 1.00 bits per heavy atom. The van der Waals surface area contributed by atoms with E-state index in [1.807, 2.05) is 24.3 Å². The monoisotopic (exact) mass is 512 g/mol. The Bertz CT molecular complexity index is 1160. The number of ether oxygens (including phenoxy) is 2. The molecule has 3 aromatic carbocycles. The summed E-state index contributed by atoms with van der Waals surface area (Å²) in [6.07, 6.45) is 1.69. The maximum atomic E-state index is 12.8. The van der Waals surface area contributed by atoms with Crippen molar-refractivity contribution in [1.82, 2.24) is 0 Å². The topological polar surface area (TPSA) is 52.6 Å². The summed E-state index contributed by atoms with van der Waals surface area (Å²) in [5, 5.41) is 0. The summed E-state index contributed by atoms with van der Waals surface area (Å²) < 4.78 is 13.1. The molecule has 0 spiro atoms. The fourth-order valence-electron chi connectivity index (χ4n) is 3.04. The number of aryl methyl sites for hydroxylation is 1. The number of rotatable bonds is 3. The highest BCUT2D eigenvalue weighted by atomic mass is 79.9. The van der Waals surface area contributed by atoms with E-state index < -0.39 is 5.97 Å². The van der Waals surface area contributed by atoms with Crippen molar-refractivity contribution in [1.29, 1.82) is 0 Å². The molecule has 3 aromatic rings. The van der Waals surface area contributed by atoms with Crippen molar-refractivity contribution >= 4 is 49.7 Å². The molecule has 0 bridgehead atoms. The number of carbonyl (C=O) groups excluding carboxylic acids is 2. The van der Waals surface area contributed by atoms with Crippen LogP contribution < -0.4 is 9.47 Å². The van der Waals surface area contributed by atoms with Gasteiger partial charge in [0.15, 0.2) is 5.76 Å². The number of ketones is 1. The van der Waals surface area contributed by atoms with Crippen molar-refractivity contribution in [3.8, 4) is 11.5 Å². The molecular weight excluding hydrogens is 500 g/mol. The zero-order valence-electron chi connectivity index (χ0n) is 15.2. The fourth-order valence-corrected chi connectivity index (χ4v) is 3.72. The highest BCUT2D eigenvalue weighted by Gasteiger charge is 2.30. The van der Waals surface area contributed by atoms with Crippen LogP contribution in [0.25, 0.3) is 6.08 Å². The first-order valence-corrected chi connectivity index (χ1v) is 10.3. The maximum absolute atomic E-state index is 12.8. The predicted octanol–water partition coefficient (Wildman–Crippen LogP) is 6.36. The average molecular weight is 514 g/mol. The SMILES string of the molecule is Cc1cc(OC(=O)c2ccc(Br)cc2)cc2c1C(=O)/C(=C/c1cccc(Br)c1)O2. The number of esters is 1. The Balaban J connectivity index is 1.60. The highest BCUT2D eigenvalue weighted by molar-refractivity contribution is 9.10. The van der Waals surface area contributed by atoms with Gasteiger partial charge in [0.05, 0.1) is 11.1 Å². The van der Waals surface area contributed by atoms with Crippen molar-refractivity contribution in [2.75, 3.05) is 0 Å². The molecule has 1 heterocycles. The molecule has 29 heavy (non-hydrogen) atoms. The average Bonchev–Trinajstić information content (AvgIpc) is 2.98. The second-order valence-electron chi connectivity index (χ2n) is 6.50. The normalized spacial score (nSPS) is 13.9. The molecular formula is C23H14Br2O4. The number of benzene rings is 3. The lowest BCUT2D eigenvalue weighted by Gasteiger charge is -2.08. The minimum atomic E-state index is -0.480. The van der Waals surface area contributed by atoms with Gasteiger partial charge in [0.1, 0.15) is 11.5 Å². The van der Waals surface area contributed by atoms with Gasteiger partial charge in [-0.2, -0.15) is 0 Å². The quantitative estimate of drug-likeness (QED) is 0.232. The minimum absolute atomic E-state index is 0.191. The van der Waals surface area contributed by atoms with Crippen LogP contribution in [0.4, 0.5) is 0 Å². The van der Waals surface area contributed by atoms with E-state index in [9.17, 15) is 9.59 Å². The number of carbonyl (C=O) groups is 2. The van der Waals surface area contributed by atoms with Gasteiger partial charge in [-0.05, 0) is 66.6 Å². The van der Waals surface area contributed by atoms with Gasteiger partial charge >= 0.3 is 5.97 Å². The number of allylic oxidation sites excluding steroid dienone is 1. The van der Waals surface area contributed by atoms with Crippen LogP contribution in [0.3, 0.4) is 0 Å². The molecule has 0 N–H and O–H groups in total. The Kier molecular flexibility index (Phi) is 5.39. The van der Waals surface area contributed by atoms with Gasteiger partial charge in [-0.25, -0.2) is 4.79 Å². The van der Waals surface area contributed by atoms with E-state index in [4.69, 9.17) is 9.47 Å². The number of Topliss-reactive ketones (excluding diaryl/α,β-unsaturated/α-hetero) is 1. The Morgan fingerprint density at radius 3 is 2.48 bits per heavy atom. The summed E-state index contributed by atoms with van der Waals surface area (Å²) >= 11 is 6.75. The van der Waals surface area contributed by atoms with Crippen LogP contribution in [0, 0.1) is 6.92 Å². The number of hydrogen-bond donors (Lipinski definition) is 0. The van der Waals surface area contributed by atoms with Crippen molar-refractivity contribution < 1.29 is 19.1 Å². The summed E-state index contributed by atoms with van der Waals surface area (Å²) in [6, 6.07) is 17.7. The number of fused-ring (bicyclic) bond motifs is 1. The van der Waals surface area contributed by atoms with Crippen molar-refractivity contribution in [2.24, 2.45) is 0 Å². The van der Waals surface area contributed by atoms with Crippen LogP contribution >= 0.6 is 31.9 Å². The zero-order valence-corrected chi connectivity index (χ0v) is 18.4. The van der Waals surface area contributed by atoms with E-state index in [-0.39, 0.29) is 11.5 Å². The van der Waals surface area contributed by atoms with Crippen molar-refractivity contribution in [2.45, 2.75) is 6.92 Å². The van der Waals surface area contributed by atoms with E-state index in [0.29, 0.717) is 28.2 Å². The third-order valence-corrected chi connectivity index (χ3v) is 5.40. The van der Waals surface area contributed by atoms with Crippen LogP contribution in [0.2, 0.25) is 0 Å². The molecule has 4 rings (SSSR count). The molecule has 0 amide bonds. The van der Waals surface area contributed by atoms with E-state index in [2.05, 4.69) is 31.9 Å². The van der Waals surface area contributed by atoms with Crippen LogP contribution in [-0.2, 0) is 0 Å². The highest BCUT2D eigenvalue weighted by Crippen LogP contribution is 2.37. The lowest BCUT2D eigenvalue weighted by molar-refractivity contribution is 0.0734. The molecule has 1 aliphatic heterocycles. The van der Waals surface area contributed by atoms with Gasteiger partial charge in [0.2, 0.25) is 5.78 Å².